The minimum absolute atomic E-state index is 0.00621. The van der Waals surface area contributed by atoms with Crippen molar-refractivity contribution in [2.75, 3.05) is 20.2 Å². The van der Waals surface area contributed by atoms with Crippen molar-refractivity contribution in [1.29, 1.82) is 0 Å². The van der Waals surface area contributed by atoms with Gasteiger partial charge < -0.3 is 9.64 Å². The molecule has 3 heteroatoms. The third-order valence-corrected chi connectivity index (χ3v) is 3.25. The first kappa shape index (κ1) is 12.5. The fraction of sp³-hybridized carbons (Fsp3) is 0.917. The zero-order chi connectivity index (χ0) is 11.3. The minimum Gasteiger partial charge on any atom is -0.466 e. The molecule has 1 heterocycles. The SMILES string of the molecule is CCC[C@H]1CC(C(=O)OCC)CCN1C. The molecule has 0 saturated carbocycles. The van der Waals surface area contributed by atoms with E-state index in [0.29, 0.717) is 12.6 Å². The molecule has 1 aliphatic rings. The second kappa shape index (κ2) is 6.11. The maximum Gasteiger partial charge on any atom is 0.309 e. The summed E-state index contributed by atoms with van der Waals surface area (Å²) >= 11 is 0. The lowest BCUT2D eigenvalue weighted by Crippen LogP contribution is -2.42. The molecule has 1 aliphatic heterocycles. The molecule has 0 N–H and O–H groups in total. The molecule has 0 aromatic rings. The van der Waals surface area contributed by atoms with Gasteiger partial charge in [0.1, 0.15) is 0 Å². The fourth-order valence-corrected chi connectivity index (χ4v) is 2.31. The van der Waals surface area contributed by atoms with Crippen LogP contribution in [0.15, 0.2) is 0 Å². The maximum atomic E-state index is 11.6. The Morgan fingerprint density at radius 2 is 2.20 bits per heavy atom. The van der Waals surface area contributed by atoms with Gasteiger partial charge in [-0.2, -0.15) is 0 Å². The van der Waals surface area contributed by atoms with Gasteiger partial charge in [-0.15, -0.1) is 0 Å². The molecule has 0 spiro atoms. The topological polar surface area (TPSA) is 29.5 Å². The van der Waals surface area contributed by atoms with Crippen LogP contribution in [0.3, 0.4) is 0 Å². The number of nitrogens with zero attached hydrogens (tertiary/aromatic N) is 1. The summed E-state index contributed by atoms with van der Waals surface area (Å²) in [7, 11) is 2.15. The molecule has 1 fully saturated rings. The summed E-state index contributed by atoms with van der Waals surface area (Å²) in [4.78, 5) is 14.0. The molecule has 1 saturated heterocycles. The largest absolute Gasteiger partial charge is 0.466 e. The lowest BCUT2D eigenvalue weighted by atomic mass is 9.89. The molecule has 2 atom stereocenters. The van der Waals surface area contributed by atoms with Gasteiger partial charge in [0.25, 0.3) is 0 Å². The predicted molar refractivity (Wildman–Crippen MR) is 60.7 cm³/mol. The monoisotopic (exact) mass is 213 g/mol. The Bertz CT molecular complexity index is 206. The van der Waals surface area contributed by atoms with Crippen LogP contribution in [0.2, 0.25) is 0 Å². The van der Waals surface area contributed by atoms with Crippen LogP contribution < -0.4 is 0 Å². The summed E-state index contributed by atoms with van der Waals surface area (Å²) in [6, 6.07) is 0.568. The van der Waals surface area contributed by atoms with Gasteiger partial charge in [0.05, 0.1) is 12.5 Å². The summed E-state index contributed by atoms with van der Waals surface area (Å²) in [5.74, 6) is 0.143. The molecule has 88 valence electrons. The Morgan fingerprint density at radius 3 is 2.80 bits per heavy atom. The standard InChI is InChI=1S/C12H23NO2/c1-4-6-11-9-10(7-8-13(11)3)12(14)15-5-2/h10-11H,4-9H2,1-3H3/t10?,11-/m0/s1. The van der Waals surface area contributed by atoms with Gasteiger partial charge in [0.2, 0.25) is 0 Å². The second-order valence-corrected chi connectivity index (χ2v) is 4.40. The van der Waals surface area contributed by atoms with Crippen LogP contribution in [0.1, 0.15) is 39.5 Å². The van der Waals surface area contributed by atoms with Crippen LogP contribution in [-0.4, -0.2) is 37.1 Å². The molecule has 0 aromatic carbocycles. The Hall–Kier alpha value is -0.570. The quantitative estimate of drug-likeness (QED) is 0.669. The average Bonchev–Trinajstić information content (AvgIpc) is 2.22. The molecular weight excluding hydrogens is 190 g/mol. The number of carbonyl (C=O) groups excluding carboxylic acids is 1. The highest BCUT2D eigenvalue weighted by atomic mass is 16.5. The van der Waals surface area contributed by atoms with Crippen molar-refractivity contribution in [1.82, 2.24) is 4.90 Å². The van der Waals surface area contributed by atoms with E-state index in [9.17, 15) is 4.79 Å². The number of hydrogen-bond donors (Lipinski definition) is 0. The van der Waals surface area contributed by atoms with Crippen LogP contribution in [0, 0.1) is 5.92 Å². The summed E-state index contributed by atoms with van der Waals surface area (Å²) in [5, 5.41) is 0. The number of piperidine rings is 1. The van der Waals surface area contributed by atoms with Crippen molar-refractivity contribution in [2.24, 2.45) is 5.92 Å². The highest BCUT2D eigenvalue weighted by molar-refractivity contribution is 5.72. The second-order valence-electron chi connectivity index (χ2n) is 4.40. The highest BCUT2D eigenvalue weighted by Crippen LogP contribution is 2.25. The van der Waals surface area contributed by atoms with Crippen LogP contribution in [0.4, 0.5) is 0 Å². The van der Waals surface area contributed by atoms with Crippen molar-refractivity contribution >= 4 is 5.97 Å². The smallest absolute Gasteiger partial charge is 0.309 e. The lowest BCUT2D eigenvalue weighted by Gasteiger charge is -2.36. The van der Waals surface area contributed by atoms with Gasteiger partial charge >= 0.3 is 5.97 Å². The van der Waals surface area contributed by atoms with E-state index < -0.39 is 0 Å². The third-order valence-electron chi connectivity index (χ3n) is 3.25. The van der Waals surface area contributed by atoms with Gasteiger partial charge in [0.15, 0.2) is 0 Å². The van der Waals surface area contributed by atoms with Crippen molar-refractivity contribution in [3.8, 4) is 0 Å². The van der Waals surface area contributed by atoms with Gasteiger partial charge in [0, 0.05) is 6.04 Å². The molecule has 15 heavy (non-hydrogen) atoms. The molecule has 1 unspecified atom stereocenters. The first-order valence-corrected chi connectivity index (χ1v) is 6.05. The van der Waals surface area contributed by atoms with Gasteiger partial charge in [-0.3, -0.25) is 4.79 Å². The van der Waals surface area contributed by atoms with E-state index in [-0.39, 0.29) is 11.9 Å². The van der Waals surface area contributed by atoms with E-state index in [4.69, 9.17) is 4.74 Å². The average molecular weight is 213 g/mol. The maximum absolute atomic E-state index is 11.6. The number of ether oxygens (including phenoxy) is 1. The van der Waals surface area contributed by atoms with E-state index in [1.807, 2.05) is 6.92 Å². The van der Waals surface area contributed by atoms with Crippen molar-refractivity contribution < 1.29 is 9.53 Å². The van der Waals surface area contributed by atoms with Gasteiger partial charge in [-0.05, 0) is 39.8 Å². The van der Waals surface area contributed by atoms with Crippen LogP contribution in [0.25, 0.3) is 0 Å². The van der Waals surface area contributed by atoms with Crippen molar-refractivity contribution in [3.63, 3.8) is 0 Å². The summed E-state index contributed by atoms with van der Waals surface area (Å²) < 4.78 is 5.09. The molecule has 0 radical (unpaired) electrons. The van der Waals surface area contributed by atoms with Gasteiger partial charge in [-0.25, -0.2) is 0 Å². The number of hydrogen-bond acceptors (Lipinski definition) is 3. The van der Waals surface area contributed by atoms with Crippen LogP contribution in [0.5, 0.6) is 0 Å². The number of carbonyl (C=O) groups is 1. The fourth-order valence-electron chi connectivity index (χ4n) is 2.31. The molecule has 0 amide bonds. The summed E-state index contributed by atoms with van der Waals surface area (Å²) in [6.45, 7) is 5.59. The molecule has 0 aromatic heterocycles. The highest BCUT2D eigenvalue weighted by Gasteiger charge is 2.30. The molecule has 0 bridgehead atoms. The van der Waals surface area contributed by atoms with E-state index in [2.05, 4.69) is 18.9 Å². The first-order chi connectivity index (χ1) is 7.19. The zero-order valence-electron chi connectivity index (χ0n) is 10.2. The minimum atomic E-state index is 0.00621. The summed E-state index contributed by atoms with van der Waals surface area (Å²) in [5.41, 5.74) is 0. The number of rotatable bonds is 4. The Balaban J connectivity index is 2.45. The van der Waals surface area contributed by atoms with E-state index >= 15 is 0 Å². The normalized spacial score (nSPS) is 27.7. The molecule has 1 rings (SSSR count). The third kappa shape index (κ3) is 3.49. The summed E-state index contributed by atoms with van der Waals surface area (Å²) in [6.07, 6.45) is 4.30. The molecule has 3 nitrogen and oxygen atoms in total. The van der Waals surface area contributed by atoms with Crippen molar-refractivity contribution in [3.05, 3.63) is 0 Å². The van der Waals surface area contributed by atoms with Crippen molar-refractivity contribution in [2.45, 2.75) is 45.6 Å². The molecule has 0 aliphatic carbocycles. The Kier molecular flexibility index (Phi) is 5.09. The van der Waals surface area contributed by atoms with E-state index in [0.717, 1.165) is 19.4 Å². The zero-order valence-corrected chi connectivity index (χ0v) is 10.2. The Morgan fingerprint density at radius 1 is 1.47 bits per heavy atom. The first-order valence-electron chi connectivity index (χ1n) is 6.05. The lowest BCUT2D eigenvalue weighted by molar-refractivity contribution is -0.150. The van der Waals surface area contributed by atoms with Crippen LogP contribution >= 0.6 is 0 Å². The predicted octanol–water partition coefficient (Wildman–Crippen LogP) is 2.06. The van der Waals surface area contributed by atoms with Crippen LogP contribution in [-0.2, 0) is 9.53 Å². The molecular formula is C12H23NO2. The van der Waals surface area contributed by atoms with E-state index in [1.165, 1.54) is 12.8 Å². The number of likely N-dealkylation sites (tertiary alicyclic amines) is 1. The number of esters is 1. The van der Waals surface area contributed by atoms with E-state index in [1.54, 1.807) is 0 Å². The Labute approximate surface area is 92.8 Å². The van der Waals surface area contributed by atoms with Gasteiger partial charge in [-0.1, -0.05) is 13.3 Å².